The predicted molar refractivity (Wildman–Crippen MR) is 49.6 cm³/mol. The van der Waals surface area contributed by atoms with Crippen molar-refractivity contribution in [3.8, 4) is 0 Å². The highest BCUT2D eigenvalue weighted by Crippen LogP contribution is 2.04. The van der Waals surface area contributed by atoms with Crippen molar-refractivity contribution in [3.05, 3.63) is 35.6 Å². The first-order chi connectivity index (χ1) is 5.24. The summed E-state index contributed by atoms with van der Waals surface area (Å²) in [7, 11) is 0. The number of ketones is 1. The highest BCUT2D eigenvalue weighted by Gasteiger charge is 2.01. The summed E-state index contributed by atoms with van der Waals surface area (Å²) < 4.78 is 12.8. The van der Waals surface area contributed by atoms with E-state index in [1.54, 1.807) is 0 Å². The van der Waals surface area contributed by atoms with Crippen molar-refractivity contribution in [3.63, 3.8) is 0 Å². The lowest BCUT2D eigenvalue weighted by molar-refractivity contribution is 0.102. The van der Waals surface area contributed by atoms with Crippen molar-refractivity contribution in [2.75, 3.05) is 4.43 Å². The SMILES string of the molecule is O=C(CI)c1ccc(F)cc1. The summed E-state index contributed by atoms with van der Waals surface area (Å²) >= 11 is 1.98. The van der Waals surface area contributed by atoms with E-state index in [1.165, 1.54) is 24.3 Å². The van der Waals surface area contributed by atoms with Crippen LogP contribution < -0.4 is 0 Å². The summed E-state index contributed by atoms with van der Waals surface area (Å²) in [6.07, 6.45) is 0. The van der Waals surface area contributed by atoms with E-state index in [9.17, 15) is 9.18 Å². The van der Waals surface area contributed by atoms with Gasteiger partial charge in [-0.05, 0) is 24.3 Å². The van der Waals surface area contributed by atoms with Crippen LogP contribution in [0, 0.1) is 5.82 Å². The van der Waals surface area contributed by atoms with Crippen molar-refractivity contribution in [2.24, 2.45) is 0 Å². The van der Waals surface area contributed by atoms with E-state index in [1.807, 2.05) is 22.6 Å². The largest absolute Gasteiger partial charge is 0.293 e. The Morgan fingerprint density at radius 2 is 1.91 bits per heavy atom. The summed E-state index contributed by atoms with van der Waals surface area (Å²) in [5.74, 6) is -0.277. The molecule has 0 saturated carbocycles. The molecule has 0 saturated heterocycles. The number of Topliss-reactive ketones (excluding diaryl/α,β-unsaturated/α-hetero) is 1. The third-order valence-corrected chi connectivity index (χ3v) is 1.98. The van der Waals surface area contributed by atoms with Gasteiger partial charge < -0.3 is 0 Å². The van der Waals surface area contributed by atoms with Gasteiger partial charge in [0.1, 0.15) is 5.82 Å². The van der Waals surface area contributed by atoms with Crippen LogP contribution in [0.15, 0.2) is 24.3 Å². The fourth-order valence-electron chi connectivity index (χ4n) is 0.713. The van der Waals surface area contributed by atoms with Crippen molar-refractivity contribution >= 4 is 28.4 Å². The summed E-state index contributed by atoms with van der Waals surface area (Å²) in [4.78, 5) is 11.0. The van der Waals surface area contributed by atoms with Crippen LogP contribution in [-0.2, 0) is 0 Å². The Balaban J connectivity index is 2.90. The van der Waals surface area contributed by atoms with E-state index < -0.39 is 0 Å². The minimum Gasteiger partial charge on any atom is -0.293 e. The number of hydrogen-bond acceptors (Lipinski definition) is 1. The third-order valence-electron chi connectivity index (χ3n) is 1.29. The lowest BCUT2D eigenvalue weighted by atomic mass is 10.1. The number of rotatable bonds is 2. The van der Waals surface area contributed by atoms with Crippen LogP contribution in [0.1, 0.15) is 10.4 Å². The van der Waals surface area contributed by atoms with Gasteiger partial charge in [0.15, 0.2) is 5.78 Å². The normalized spacial score (nSPS) is 9.64. The first kappa shape index (κ1) is 8.64. The van der Waals surface area contributed by atoms with E-state index >= 15 is 0 Å². The van der Waals surface area contributed by atoms with Crippen LogP contribution in [0.4, 0.5) is 4.39 Å². The fraction of sp³-hybridized carbons (Fsp3) is 0.125. The molecule has 1 rings (SSSR count). The summed E-state index contributed by atoms with van der Waals surface area (Å²) in [5, 5.41) is 0. The van der Waals surface area contributed by atoms with E-state index in [4.69, 9.17) is 0 Å². The molecule has 0 aliphatic rings. The Morgan fingerprint density at radius 3 is 2.36 bits per heavy atom. The topological polar surface area (TPSA) is 17.1 Å². The van der Waals surface area contributed by atoms with Gasteiger partial charge in [-0.3, -0.25) is 4.79 Å². The van der Waals surface area contributed by atoms with Gasteiger partial charge in [-0.15, -0.1) is 0 Å². The first-order valence-electron chi connectivity index (χ1n) is 3.09. The fourth-order valence-corrected chi connectivity index (χ4v) is 1.15. The molecule has 0 atom stereocenters. The average Bonchev–Trinajstić information content (AvgIpc) is 2.05. The second-order valence-corrected chi connectivity index (χ2v) is 2.83. The van der Waals surface area contributed by atoms with Crippen molar-refractivity contribution in [1.82, 2.24) is 0 Å². The monoisotopic (exact) mass is 264 g/mol. The Labute approximate surface area is 77.8 Å². The van der Waals surface area contributed by atoms with Crippen LogP contribution in [0.25, 0.3) is 0 Å². The van der Waals surface area contributed by atoms with Gasteiger partial charge in [0.25, 0.3) is 0 Å². The molecule has 11 heavy (non-hydrogen) atoms. The average molecular weight is 264 g/mol. The van der Waals surface area contributed by atoms with Crippen LogP contribution in [0.3, 0.4) is 0 Å². The van der Waals surface area contributed by atoms with Gasteiger partial charge in [-0.1, -0.05) is 22.6 Å². The van der Waals surface area contributed by atoms with E-state index in [0.29, 0.717) is 9.99 Å². The molecule has 0 spiro atoms. The van der Waals surface area contributed by atoms with Crippen molar-refractivity contribution < 1.29 is 9.18 Å². The first-order valence-corrected chi connectivity index (χ1v) is 4.61. The van der Waals surface area contributed by atoms with Gasteiger partial charge in [0.05, 0.1) is 4.43 Å². The van der Waals surface area contributed by atoms with Crippen molar-refractivity contribution in [2.45, 2.75) is 0 Å². The number of carbonyl (C=O) groups excluding carboxylic acids is 1. The molecule has 0 aromatic heterocycles. The number of benzene rings is 1. The van der Waals surface area contributed by atoms with Crippen LogP contribution in [0.2, 0.25) is 0 Å². The quantitative estimate of drug-likeness (QED) is 0.455. The molecule has 0 radical (unpaired) electrons. The molecule has 0 aliphatic heterocycles. The lowest BCUT2D eigenvalue weighted by Gasteiger charge is -1.94. The molecule has 0 N–H and O–H groups in total. The predicted octanol–water partition coefficient (Wildman–Crippen LogP) is 2.44. The molecule has 0 heterocycles. The summed E-state index contributed by atoms with van der Waals surface area (Å²) in [5.41, 5.74) is 0.570. The Bertz CT molecular complexity index is 255. The molecular formula is C8H6FIO. The number of halogens is 2. The molecule has 0 fully saturated rings. The standard InChI is InChI=1S/C8H6FIO/c9-7-3-1-6(2-4-7)8(11)5-10/h1-4H,5H2. The van der Waals surface area contributed by atoms with Gasteiger partial charge in [0, 0.05) is 5.56 Å². The maximum absolute atomic E-state index is 12.3. The molecule has 1 aromatic rings. The van der Waals surface area contributed by atoms with E-state index in [0.717, 1.165) is 0 Å². The molecular weight excluding hydrogens is 258 g/mol. The minimum absolute atomic E-state index is 0.0330. The van der Waals surface area contributed by atoms with Crippen LogP contribution >= 0.6 is 22.6 Å². The number of hydrogen-bond donors (Lipinski definition) is 0. The second-order valence-electron chi connectivity index (χ2n) is 2.06. The molecule has 0 bridgehead atoms. The maximum atomic E-state index is 12.3. The molecule has 1 aromatic carbocycles. The van der Waals surface area contributed by atoms with E-state index in [-0.39, 0.29) is 11.6 Å². The van der Waals surface area contributed by atoms with Gasteiger partial charge in [-0.2, -0.15) is 0 Å². The second kappa shape index (κ2) is 3.80. The highest BCUT2D eigenvalue weighted by molar-refractivity contribution is 14.1. The zero-order chi connectivity index (χ0) is 8.27. The Kier molecular flexibility index (Phi) is 2.99. The molecule has 3 heteroatoms. The van der Waals surface area contributed by atoms with Gasteiger partial charge in [0.2, 0.25) is 0 Å². The number of alkyl halides is 1. The zero-order valence-corrected chi connectivity index (χ0v) is 7.84. The molecule has 0 unspecified atom stereocenters. The zero-order valence-electron chi connectivity index (χ0n) is 5.68. The van der Waals surface area contributed by atoms with Gasteiger partial charge >= 0.3 is 0 Å². The minimum atomic E-state index is -0.310. The van der Waals surface area contributed by atoms with Gasteiger partial charge in [-0.25, -0.2) is 4.39 Å². The third kappa shape index (κ3) is 2.25. The van der Waals surface area contributed by atoms with E-state index in [2.05, 4.69) is 0 Å². The lowest BCUT2D eigenvalue weighted by Crippen LogP contribution is -1.98. The molecule has 0 amide bonds. The van der Waals surface area contributed by atoms with Crippen LogP contribution in [0.5, 0.6) is 0 Å². The molecule has 0 aliphatic carbocycles. The smallest absolute Gasteiger partial charge is 0.172 e. The summed E-state index contributed by atoms with van der Waals surface area (Å²) in [6.45, 7) is 0. The maximum Gasteiger partial charge on any atom is 0.172 e. The highest BCUT2D eigenvalue weighted by atomic mass is 127. The molecule has 58 valence electrons. The van der Waals surface area contributed by atoms with Crippen LogP contribution in [-0.4, -0.2) is 10.2 Å². The Morgan fingerprint density at radius 1 is 1.36 bits per heavy atom. The van der Waals surface area contributed by atoms with Crippen molar-refractivity contribution in [1.29, 1.82) is 0 Å². The number of carbonyl (C=O) groups is 1. The Hall–Kier alpha value is -0.450. The summed E-state index contributed by atoms with van der Waals surface area (Å²) in [6, 6.07) is 5.58. The molecule has 1 nitrogen and oxygen atoms in total.